The van der Waals surface area contributed by atoms with Gasteiger partial charge in [0.2, 0.25) is 15.0 Å². The second-order valence-corrected chi connectivity index (χ2v) is 7.92. The van der Waals surface area contributed by atoms with Crippen LogP contribution in [0.5, 0.6) is 0 Å². The summed E-state index contributed by atoms with van der Waals surface area (Å²) in [7, 11) is -3.48. The van der Waals surface area contributed by atoms with E-state index in [1.165, 1.54) is 18.3 Å². The Kier molecular flexibility index (Phi) is 4.54. The highest BCUT2D eigenvalue weighted by Gasteiger charge is 2.33. The molecule has 1 aliphatic heterocycles. The molecular formula is C16H16F3N3O2S. The van der Waals surface area contributed by atoms with Gasteiger partial charge in [0.15, 0.2) is 0 Å². The second-order valence-electron chi connectivity index (χ2n) is 6.01. The summed E-state index contributed by atoms with van der Waals surface area (Å²) < 4.78 is 62.3. The molecule has 0 radical (unpaired) electrons. The van der Waals surface area contributed by atoms with Crippen molar-refractivity contribution in [1.29, 1.82) is 0 Å². The SMILES string of the molecule is CS(=O)(=O)c1ncc2c(n1)CCN(Cc1ccccc1C(F)(F)F)C2. The minimum atomic E-state index is -4.39. The molecule has 0 aliphatic carbocycles. The Morgan fingerprint density at radius 2 is 1.96 bits per heavy atom. The average Bonchev–Trinajstić information content (AvgIpc) is 2.53. The van der Waals surface area contributed by atoms with Crippen LogP contribution in [0.4, 0.5) is 13.2 Å². The smallest absolute Gasteiger partial charge is 0.294 e. The fourth-order valence-corrected chi connectivity index (χ4v) is 3.37. The number of hydrogen-bond donors (Lipinski definition) is 0. The molecule has 2 aromatic rings. The number of rotatable bonds is 3. The maximum Gasteiger partial charge on any atom is 0.416 e. The third-order valence-electron chi connectivity index (χ3n) is 4.04. The number of alkyl halides is 3. The number of halogens is 3. The number of benzene rings is 1. The Morgan fingerprint density at radius 3 is 2.64 bits per heavy atom. The molecule has 0 amide bonds. The highest BCUT2D eigenvalue weighted by molar-refractivity contribution is 7.90. The molecule has 25 heavy (non-hydrogen) atoms. The normalized spacial score (nSPS) is 15.8. The Labute approximate surface area is 143 Å². The molecule has 0 atom stereocenters. The van der Waals surface area contributed by atoms with Crippen molar-refractivity contribution in [3.63, 3.8) is 0 Å². The van der Waals surface area contributed by atoms with Crippen LogP contribution in [0.1, 0.15) is 22.4 Å². The molecule has 1 aromatic heterocycles. The molecule has 1 aliphatic rings. The third kappa shape index (κ3) is 3.98. The van der Waals surface area contributed by atoms with Gasteiger partial charge < -0.3 is 0 Å². The molecule has 0 N–H and O–H groups in total. The summed E-state index contributed by atoms with van der Waals surface area (Å²) in [6, 6.07) is 5.51. The van der Waals surface area contributed by atoms with Crippen LogP contribution < -0.4 is 0 Å². The van der Waals surface area contributed by atoms with E-state index in [2.05, 4.69) is 9.97 Å². The topological polar surface area (TPSA) is 63.2 Å². The first-order valence-corrected chi connectivity index (χ1v) is 9.46. The number of aromatic nitrogens is 2. The first kappa shape index (κ1) is 17.8. The fraction of sp³-hybridized carbons (Fsp3) is 0.375. The number of sulfone groups is 1. The summed E-state index contributed by atoms with van der Waals surface area (Å²) in [5, 5.41) is -0.220. The molecule has 134 valence electrons. The molecule has 0 saturated heterocycles. The van der Waals surface area contributed by atoms with Crippen molar-refractivity contribution in [3.05, 3.63) is 52.8 Å². The number of nitrogens with zero attached hydrogens (tertiary/aromatic N) is 3. The largest absolute Gasteiger partial charge is 0.416 e. The summed E-state index contributed by atoms with van der Waals surface area (Å²) >= 11 is 0. The van der Waals surface area contributed by atoms with Crippen molar-refractivity contribution in [2.75, 3.05) is 12.8 Å². The van der Waals surface area contributed by atoms with E-state index in [0.29, 0.717) is 25.2 Å². The van der Waals surface area contributed by atoms with Gasteiger partial charge in [-0.05, 0) is 11.6 Å². The Balaban J connectivity index is 1.81. The van der Waals surface area contributed by atoms with E-state index in [9.17, 15) is 21.6 Å². The van der Waals surface area contributed by atoms with E-state index < -0.39 is 21.6 Å². The van der Waals surface area contributed by atoms with Crippen molar-refractivity contribution >= 4 is 9.84 Å². The van der Waals surface area contributed by atoms with Crippen LogP contribution in [0.25, 0.3) is 0 Å². The Morgan fingerprint density at radius 1 is 1.24 bits per heavy atom. The zero-order valence-corrected chi connectivity index (χ0v) is 14.2. The molecule has 1 aromatic carbocycles. The maximum absolute atomic E-state index is 13.1. The van der Waals surface area contributed by atoms with E-state index in [4.69, 9.17) is 0 Å². The lowest BCUT2D eigenvalue weighted by atomic mass is 10.0. The van der Waals surface area contributed by atoms with E-state index in [1.54, 1.807) is 6.07 Å². The molecular weight excluding hydrogens is 355 g/mol. The molecule has 9 heteroatoms. The molecule has 0 spiro atoms. The number of hydrogen-bond acceptors (Lipinski definition) is 5. The fourth-order valence-electron chi connectivity index (χ4n) is 2.85. The van der Waals surface area contributed by atoms with E-state index >= 15 is 0 Å². The van der Waals surface area contributed by atoms with Crippen LogP contribution in [-0.4, -0.2) is 36.1 Å². The van der Waals surface area contributed by atoms with Gasteiger partial charge in [-0.2, -0.15) is 13.2 Å². The minimum Gasteiger partial charge on any atom is -0.294 e. The minimum absolute atomic E-state index is 0.156. The van der Waals surface area contributed by atoms with Crippen LogP contribution in [0.3, 0.4) is 0 Å². The summed E-state index contributed by atoms with van der Waals surface area (Å²) in [5.74, 6) is 0. The van der Waals surface area contributed by atoms with E-state index in [-0.39, 0.29) is 17.3 Å². The van der Waals surface area contributed by atoms with Crippen molar-refractivity contribution in [2.24, 2.45) is 0 Å². The molecule has 0 saturated carbocycles. The van der Waals surface area contributed by atoms with Gasteiger partial charge in [-0.25, -0.2) is 18.4 Å². The lowest BCUT2D eigenvalue weighted by Gasteiger charge is -2.28. The molecule has 0 unspecified atom stereocenters. The molecule has 0 fully saturated rings. The van der Waals surface area contributed by atoms with Crippen molar-refractivity contribution in [1.82, 2.24) is 14.9 Å². The summed E-state index contributed by atoms with van der Waals surface area (Å²) in [6.07, 6.45) is -1.44. The van der Waals surface area contributed by atoms with Gasteiger partial charge in [0, 0.05) is 44.1 Å². The Bertz CT molecular complexity index is 898. The lowest BCUT2D eigenvalue weighted by molar-refractivity contribution is -0.138. The van der Waals surface area contributed by atoms with Crippen LogP contribution in [-0.2, 0) is 35.5 Å². The van der Waals surface area contributed by atoms with Crippen LogP contribution in [0.2, 0.25) is 0 Å². The highest BCUT2D eigenvalue weighted by atomic mass is 32.2. The Hall–Kier alpha value is -2.00. The van der Waals surface area contributed by atoms with Crippen LogP contribution in [0, 0.1) is 0 Å². The van der Waals surface area contributed by atoms with E-state index in [1.807, 2.05) is 4.90 Å². The summed E-state index contributed by atoms with van der Waals surface area (Å²) in [4.78, 5) is 9.80. The first-order chi connectivity index (χ1) is 11.6. The summed E-state index contributed by atoms with van der Waals surface area (Å²) in [5.41, 5.74) is 0.954. The van der Waals surface area contributed by atoms with Gasteiger partial charge in [-0.1, -0.05) is 18.2 Å². The monoisotopic (exact) mass is 371 g/mol. The molecule has 0 bridgehead atoms. The zero-order valence-electron chi connectivity index (χ0n) is 13.4. The van der Waals surface area contributed by atoms with Crippen LogP contribution >= 0.6 is 0 Å². The molecule has 5 nitrogen and oxygen atoms in total. The quantitative estimate of drug-likeness (QED) is 0.776. The molecule has 2 heterocycles. The summed E-state index contributed by atoms with van der Waals surface area (Å²) in [6.45, 7) is 1.04. The van der Waals surface area contributed by atoms with Crippen molar-refractivity contribution < 1.29 is 21.6 Å². The van der Waals surface area contributed by atoms with Gasteiger partial charge in [-0.15, -0.1) is 0 Å². The van der Waals surface area contributed by atoms with Gasteiger partial charge in [0.05, 0.1) is 11.3 Å². The van der Waals surface area contributed by atoms with Gasteiger partial charge in [0.1, 0.15) is 0 Å². The van der Waals surface area contributed by atoms with E-state index in [0.717, 1.165) is 17.9 Å². The second kappa shape index (κ2) is 6.38. The standard InChI is InChI=1S/C16H16F3N3O2S/c1-25(23,24)15-20-8-12-10-22(7-6-14(12)21-15)9-11-4-2-3-5-13(11)16(17,18)19/h2-5,8H,6-7,9-10H2,1H3. The van der Waals surface area contributed by atoms with Gasteiger partial charge in [-0.3, -0.25) is 4.90 Å². The van der Waals surface area contributed by atoms with Crippen molar-refractivity contribution in [3.8, 4) is 0 Å². The molecule has 3 rings (SSSR count). The van der Waals surface area contributed by atoms with Gasteiger partial charge >= 0.3 is 6.18 Å². The van der Waals surface area contributed by atoms with Crippen LogP contribution in [0.15, 0.2) is 35.6 Å². The van der Waals surface area contributed by atoms with Gasteiger partial charge in [0.25, 0.3) is 0 Å². The third-order valence-corrected chi connectivity index (χ3v) is 4.90. The zero-order chi connectivity index (χ0) is 18.2. The predicted molar refractivity (Wildman–Crippen MR) is 84.4 cm³/mol. The average molecular weight is 371 g/mol. The maximum atomic E-state index is 13.1. The highest BCUT2D eigenvalue weighted by Crippen LogP contribution is 2.33. The first-order valence-electron chi connectivity index (χ1n) is 7.57. The number of fused-ring (bicyclic) bond motifs is 1. The predicted octanol–water partition coefficient (Wildman–Crippen LogP) is 2.46. The lowest BCUT2D eigenvalue weighted by Crippen LogP contribution is -2.32. The van der Waals surface area contributed by atoms with Crippen molar-refractivity contribution in [2.45, 2.75) is 30.8 Å².